The standard InChI is InChI=1S/C12H12ClNO3S2/c1-8-9(2)18-12(14-8)7-17-10-3-5-11(6-4-10)19(13,15)16/h3-6H,7H2,1-2H3. The number of aryl methyl sites for hydroxylation is 2. The first-order valence-corrected chi connectivity index (χ1v) is 8.59. The van der Waals surface area contributed by atoms with E-state index in [4.69, 9.17) is 15.4 Å². The van der Waals surface area contributed by atoms with Gasteiger partial charge in [-0.3, -0.25) is 0 Å². The molecule has 0 atom stereocenters. The second-order valence-corrected chi connectivity index (χ2v) is 7.80. The third-order valence-corrected chi connectivity index (χ3v) is 4.96. The topological polar surface area (TPSA) is 56.3 Å². The Hall–Kier alpha value is -1.11. The van der Waals surface area contributed by atoms with Crippen LogP contribution in [0.1, 0.15) is 15.6 Å². The minimum Gasteiger partial charge on any atom is -0.486 e. The fraction of sp³-hybridized carbons (Fsp3) is 0.250. The minimum atomic E-state index is -3.68. The van der Waals surface area contributed by atoms with Gasteiger partial charge < -0.3 is 4.74 Å². The van der Waals surface area contributed by atoms with Crippen molar-refractivity contribution >= 4 is 31.1 Å². The van der Waals surface area contributed by atoms with Crippen molar-refractivity contribution in [1.82, 2.24) is 4.98 Å². The predicted octanol–water partition coefficient (Wildman–Crippen LogP) is 3.27. The summed E-state index contributed by atoms with van der Waals surface area (Å²) in [5.74, 6) is 0.578. The molecular formula is C12H12ClNO3S2. The number of rotatable bonds is 4. The summed E-state index contributed by atoms with van der Waals surface area (Å²) in [7, 11) is 1.54. The van der Waals surface area contributed by atoms with Gasteiger partial charge in [0.1, 0.15) is 17.4 Å². The Balaban J connectivity index is 2.04. The van der Waals surface area contributed by atoms with Crippen molar-refractivity contribution in [2.45, 2.75) is 25.3 Å². The van der Waals surface area contributed by atoms with Crippen LogP contribution in [-0.4, -0.2) is 13.4 Å². The molecule has 0 radical (unpaired) electrons. The molecule has 1 aromatic heterocycles. The third kappa shape index (κ3) is 3.68. The van der Waals surface area contributed by atoms with Crippen molar-refractivity contribution in [3.63, 3.8) is 0 Å². The zero-order valence-corrected chi connectivity index (χ0v) is 12.8. The van der Waals surface area contributed by atoms with E-state index in [9.17, 15) is 8.42 Å². The zero-order valence-electron chi connectivity index (χ0n) is 10.4. The summed E-state index contributed by atoms with van der Waals surface area (Å²) < 4.78 is 27.7. The molecule has 1 aromatic carbocycles. The molecule has 2 rings (SSSR count). The van der Waals surface area contributed by atoms with Gasteiger partial charge in [-0.25, -0.2) is 13.4 Å². The smallest absolute Gasteiger partial charge is 0.261 e. The highest BCUT2D eigenvalue weighted by Gasteiger charge is 2.09. The van der Waals surface area contributed by atoms with E-state index in [1.54, 1.807) is 23.5 Å². The SMILES string of the molecule is Cc1nc(COc2ccc(S(=O)(=O)Cl)cc2)sc1C. The molecule has 0 fully saturated rings. The third-order valence-electron chi connectivity index (χ3n) is 2.54. The van der Waals surface area contributed by atoms with E-state index >= 15 is 0 Å². The first kappa shape index (κ1) is 14.3. The number of hydrogen-bond acceptors (Lipinski definition) is 5. The maximum Gasteiger partial charge on any atom is 0.261 e. The molecule has 0 bridgehead atoms. The molecule has 0 saturated heterocycles. The van der Waals surface area contributed by atoms with E-state index in [1.807, 2.05) is 13.8 Å². The van der Waals surface area contributed by atoms with E-state index in [0.29, 0.717) is 12.4 Å². The second-order valence-electron chi connectivity index (χ2n) is 3.95. The number of thiazole rings is 1. The quantitative estimate of drug-likeness (QED) is 0.812. The van der Waals surface area contributed by atoms with Crippen LogP contribution in [-0.2, 0) is 15.7 Å². The van der Waals surface area contributed by atoms with Crippen molar-refractivity contribution in [2.24, 2.45) is 0 Å². The Morgan fingerprint density at radius 1 is 1.26 bits per heavy atom. The van der Waals surface area contributed by atoms with E-state index in [1.165, 1.54) is 17.0 Å². The number of ether oxygens (including phenoxy) is 1. The van der Waals surface area contributed by atoms with Gasteiger partial charge >= 0.3 is 0 Å². The van der Waals surface area contributed by atoms with Crippen molar-refractivity contribution in [1.29, 1.82) is 0 Å². The second kappa shape index (κ2) is 5.48. The van der Waals surface area contributed by atoms with Crippen LogP contribution >= 0.6 is 22.0 Å². The van der Waals surface area contributed by atoms with E-state index < -0.39 is 9.05 Å². The van der Waals surface area contributed by atoms with Crippen LogP contribution in [0.25, 0.3) is 0 Å². The lowest BCUT2D eigenvalue weighted by atomic mass is 10.3. The summed E-state index contributed by atoms with van der Waals surface area (Å²) >= 11 is 1.59. The first-order valence-electron chi connectivity index (χ1n) is 5.46. The molecule has 7 heteroatoms. The van der Waals surface area contributed by atoms with Crippen LogP contribution in [0.5, 0.6) is 5.75 Å². The maximum absolute atomic E-state index is 11.1. The van der Waals surface area contributed by atoms with E-state index in [0.717, 1.165) is 10.7 Å². The van der Waals surface area contributed by atoms with Crippen LogP contribution in [0.4, 0.5) is 0 Å². The number of benzene rings is 1. The Labute approximate surface area is 120 Å². The summed E-state index contributed by atoms with van der Waals surface area (Å²) in [5, 5.41) is 0.893. The molecule has 0 unspecified atom stereocenters. The molecule has 1 heterocycles. The lowest BCUT2D eigenvalue weighted by molar-refractivity contribution is 0.305. The Morgan fingerprint density at radius 2 is 1.89 bits per heavy atom. The van der Waals surface area contributed by atoms with Crippen molar-refractivity contribution in [3.05, 3.63) is 39.8 Å². The lowest BCUT2D eigenvalue weighted by Gasteiger charge is -2.04. The van der Waals surface area contributed by atoms with Crippen LogP contribution < -0.4 is 4.74 Å². The Bertz CT molecular complexity index is 658. The zero-order chi connectivity index (χ0) is 14.0. The molecule has 102 valence electrons. The maximum atomic E-state index is 11.1. The van der Waals surface area contributed by atoms with E-state index in [2.05, 4.69) is 4.98 Å². The highest BCUT2D eigenvalue weighted by molar-refractivity contribution is 8.13. The molecule has 0 amide bonds. The molecule has 0 aliphatic carbocycles. The Morgan fingerprint density at radius 3 is 2.37 bits per heavy atom. The summed E-state index contributed by atoms with van der Waals surface area (Å²) in [6, 6.07) is 5.97. The van der Waals surface area contributed by atoms with Gasteiger partial charge in [-0.1, -0.05) is 0 Å². The summed E-state index contributed by atoms with van der Waals surface area (Å²) in [4.78, 5) is 5.59. The van der Waals surface area contributed by atoms with Gasteiger partial charge in [-0.15, -0.1) is 11.3 Å². The molecule has 0 aliphatic rings. The van der Waals surface area contributed by atoms with E-state index in [-0.39, 0.29) is 4.90 Å². The molecular weight excluding hydrogens is 306 g/mol. The molecule has 4 nitrogen and oxygen atoms in total. The van der Waals surface area contributed by atoms with Gasteiger partial charge in [0.15, 0.2) is 0 Å². The Kier molecular flexibility index (Phi) is 4.13. The average molecular weight is 318 g/mol. The number of hydrogen-bond donors (Lipinski definition) is 0. The number of aromatic nitrogens is 1. The molecule has 19 heavy (non-hydrogen) atoms. The number of nitrogens with zero attached hydrogens (tertiary/aromatic N) is 1. The monoisotopic (exact) mass is 317 g/mol. The molecule has 0 saturated carbocycles. The van der Waals surface area contributed by atoms with Gasteiger partial charge in [0.05, 0.1) is 10.6 Å². The van der Waals surface area contributed by atoms with Gasteiger partial charge in [-0.2, -0.15) is 0 Å². The summed E-state index contributed by atoms with van der Waals surface area (Å²) in [6.45, 7) is 4.33. The summed E-state index contributed by atoms with van der Waals surface area (Å²) in [5.41, 5.74) is 1.01. The summed E-state index contributed by atoms with van der Waals surface area (Å²) in [6.07, 6.45) is 0. The largest absolute Gasteiger partial charge is 0.486 e. The van der Waals surface area contributed by atoms with Crippen LogP contribution in [0.2, 0.25) is 0 Å². The molecule has 2 aromatic rings. The normalized spacial score (nSPS) is 11.5. The fourth-order valence-electron chi connectivity index (χ4n) is 1.44. The van der Waals surface area contributed by atoms with Gasteiger partial charge in [-0.05, 0) is 38.1 Å². The van der Waals surface area contributed by atoms with Crippen LogP contribution in [0.15, 0.2) is 29.2 Å². The van der Waals surface area contributed by atoms with Crippen LogP contribution in [0, 0.1) is 13.8 Å². The highest BCUT2D eigenvalue weighted by Crippen LogP contribution is 2.21. The van der Waals surface area contributed by atoms with Crippen molar-refractivity contribution < 1.29 is 13.2 Å². The predicted molar refractivity (Wildman–Crippen MR) is 75.4 cm³/mol. The van der Waals surface area contributed by atoms with Crippen molar-refractivity contribution in [3.8, 4) is 5.75 Å². The van der Waals surface area contributed by atoms with Gasteiger partial charge in [0, 0.05) is 15.6 Å². The lowest BCUT2D eigenvalue weighted by Crippen LogP contribution is -1.96. The highest BCUT2D eigenvalue weighted by atomic mass is 35.7. The van der Waals surface area contributed by atoms with Gasteiger partial charge in [0.2, 0.25) is 0 Å². The fourth-order valence-corrected chi connectivity index (χ4v) is 3.06. The molecule has 0 N–H and O–H groups in total. The van der Waals surface area contributed by atoms with Crippen LogP contribution in [0.3, 0.4) is 0 Å². The first-order chi connectivity index (χ1) is 8.86. The molecule has 0 aliphatic heterocycles. The van der Waals surface area contributed by atoms with Gasteiger partial charge in [0.25, 0.3) is 9.05 Å². The van der Waals surface area contributed by atoms with Crippen molar-refractivity contribution in [2.75, 3.05) is 0 Å². The number of halogens is 1. The average Bonchev–Trinajstić information content (AvgIpc) is 2.66. The minimum absolute atomic E-state index is 0.0578. The molecule has 0 spiro atoms.